The summed E-state index contributed by atoms with van der Waals surface area (Å²) in [4.78, 5) is 0. The van der Waals surface area contributed by atoms with Gasteiger partial charge >= 0.3 is 0 Å². The van der Waals surface area contributed by atoms with Crippen LogP contribution in [0.2, 0.25) is 5.02 Å². The Morgan fingerprint density at radius 1 is 1.26 bits per heavy atom. The van der Waals surface area contributed by atoms with Gasteiger partial charge in [-0.3, -0.25) is 0 Å². The topological polar surface area (TPSA) is 27.7 Å². The maximum atomic E-state index is 6.55. The van der Waals surface area contributed by atoms with Gasteiger partial charge in [0.15, 0.2) is 11.5 Å². The lowest BCUT2D eigenvalue weighted by Gasteiger charge is -2.27. The van der Waals surface area contributed by atoms with Gasteiger partial charge in [0, 0.05) is 23.6 Å². The smallest absolute Gasteiger partial charge is 0.162 e. The number of alkyl halides is 1. The Morgan fingerprint density at radius 2 is 1.95 bits per heavy atom. The average Bonchev–Trinajstić information content (AvgIpc) is 2.47. The molecule has 0 saturated carbocycles. The van der Waals surface area contributed by atoms with E-state index in [-0.39, 0.29) is 11.3 Å². The first-order valence-electron chi connectivity index (χ1n) is 6.30. The molecule has 1 fully saturated rings. The van der Waals surface area contributed by atoms with Crippen LogP contribution in [0.4, 0.5) is 0 Å². The lowest BCUT2D eigenvalue weighted by molar-refractivity contribution is 0.0531. The van der Waals surface area contributed by atoms with Crippen molar-refractivity contribution in [3.8, 4) is 11.5 Å². The van der Waals surface area contributed by atoms with Crippen molar-refractivity contribution in [2.24, 2.45) is 5.92 Å². The van der Waals surface area contributed by atoms with Crippen molar-refractivity contribution in [3.05, 3.63) is 22.7 Å². The fourth-order valence-corrected chi connectivity index (χ4v) is 3.04. The van der Waals surface area contributed by atoms with Crippen LogP contribution in [0.1, 0.15) is 23.8 Å². The summed E-state index contributed by atoms with van der Waals surface area (Å²) in [7, 11) is 3.18. The zero-order chi connectivity index (χ0) is 13.8. The zero-order valence-corrected chi connectivity index (χ0v) is 12.6. The van der Waals surface area contributed by atoms with Gasteiger partial charge in [0.1, 0.15) is 0 Å². The predicted octanol–water partition coefficient (Wildman–Crippen LogP) is 4.06. The molecule has 1 heterocycles. The molecule has 5 heteroatoms. The van der Waals surface area contributed by atoms with Gasteiger partial charge in [0.25, 0.3) is 0 Å². The van der Waals surface area contributed by atoms with Gasteiger partial charge in [-0.2, -0.15) is 0 Å². The predicted molar refractivity (Wildman–Crippen MR) is 76.7 cm³/mol. The third kappa shape index (κ3) is 3.28. The molecular formula is C14H18Cl2O3. The molecule has 2 rings (SSSR count). The van der Waals surface area contributed by atoms with Crippen molar-refractivity contribution in [3.63, 3.8) is 0 Å². The molecule has 1 aromatic rings. The minimum Gasteiger partial charge on any atom is -0.493 e. The molecule has 0 radical (unpaired) electrons. The Labute approximate surface area is 123 Å². The highest BCUT2D eigenvalue weighted by atomic mass is 35.5. The van der Waals surface area contributed by atoms with E-state index in [1.807, 2.05) is 6.07 Å². The molecule has 19 heavy (non-hydrogen) atoms. The fourth-order valence-electron chi connectivity index (χ4n) is 2.33. The molecule has 0 bridgehead atoms. The van der Waals surface area contributed by atoms with Crippen LogP contribution < -0.4 is 9.47 Å². The second-order valence-electron chi connectivity index (χ2n) is 4.61. The normalized spacial score (nSPS) is 20.9. The first-order valence-corrected chi connectivity index (χ1v) is 7.12. The molecule has 2 unspecified atom stereocenters. The molecule has 0 spiro atoms. The van der Waals surface area contributed by atoms with Gasteiger partial charge in [0.2, 0.25) is 0 Å². The summed E-state index contributed by atoms with van der Waals surface area (Å²) in [5.74, 6) is 1.54. The summed E-state index contributed by atoms with van der Waals surface area (Å²) in [6.45, 7) is 1.50. The van der Waals surface area contributed by atoms with E-state index in [0.29, 0.717) is 23.1 Å². The summed E-state index contributed by atoms with van der Waals surface area (Å²) < 4.78 is 16.0. The van der Waals surface area contributed by atoms with Crippen LogP contribution in [0.5, 0.6) is 11.5 Å². The van der Waals surface area contributed by atoms with E-state index in [2.05, 4.69) is 0 Å². The van der Waals surface area contributed by atoms with E-state index in [9.17, 15) is 0 Å². The van der Waals surface area contributed by atoms with Crippen LogP contribution in [-0.4, -0.2) is 27.4 Å². The second kappa shape index (κ2) is 6.69. The van der Waals surface area contributed by atoms with Crippen LogP contribution in [0.3, 0.4) is 0 Å². The van der Waals surface area contributed by atoms with E-state index >= 15 is 0 Å². The van der Waals surface area contributed by atoms with Crippen LogP contribution >= 0.6 is 23.2 Å². The first kappa shape index (κ1) is 14.8. The van der Waals surface area contributed by atoms with Crippen molar-refractivity contribution in [1.29, 1.82) is 0 Å². The van der Waals surface area contributed by atoms with Gasteiger partial charge in [-0.1, -0.05) is 11.6 Å². The number of hydrogen-bond donors (Lipinski definition) is 0. The molecule has 3 nitrogen and oxygen atoms in total. The highest BCUT2D eigenvalue weighted by Crippen LogP contribution is 2.42. The minimum absolute atomic E-state index is 0.174. The van der Waals surface area contributed by atoms with E-state index in [1.165, 1.54) is 0 Å². The number of halogens is 2. The van der Waals surface area contributed by atoms with E-state index in [1.54, 1.807) is 20.3 Å². The van der Waals surface area contributed by atoms with Crippen LogP contribution in [0.15, 0.2) is 12.1 Å². The van der Waals surface area contributed by atoms with Gasteiger partial charge in [-0.05, 0) is 24.5 Å². The van der Waals surface area contributed by atoms with Gasteiger partial charge in [0.05, 0.1) is 26.2 Å². The fraction of sp³-hybridized carbons (Fsp3) is 0.571. The number of rotatable bonds is 4. The standard InChI is InChI=1S/C14H18Cl2O3/c1-17-12-6-10(11(15)7-13(12)18-2)14(16)9-4-3-5-19-8-9/h6-7,9,14H,3-5,8H2,1-2H3. The van der Waals surface area contributed by atoms with E-state index in [0.717, 1.165) is 25.0 Å². The maximum absolute atomic E-state index is 6.55. The molecular weight excluding hydrogens is 287 g/mol. The average molecular weight is 305 g/mol. The molecule has 1 saturated heterocycles. The molecule has 1 aromatic carbocycles. The van der Waals surface area contributed by atoms with Crippen LogP contribution in [0.25, 0.3) is 0 Å². The zero-order valence-electron chi connectivity index (χ0n) is 11.1. The summed E-state index contributed by atoms with van der Waals surface area (Å²) in [6.07, 6.45) is 2.09. The molecule has 0 aliphatic carbocycles. The Hall–Kier alpha value is -0.640. The van der Waals surface area contributed by atoms with Crippen molar-refractivity contribution < 1.29 is 14.2 Å². The molecule has 106 valence electrons. The first-order chi connectivity index (χ1) is 9.17. The molecule has 2 atom stereocenters. The summed E-state index contributed by atoms with van der Waals surface area (Å²) >= 11 is 12.8. The Bertz CT molecular complexity index is 431. The minimum atomic E-state index is -0.174. The van der Waals surface area contributed by atoms with E-state index in [4.69, 9.17) is 37.4 Å². The molecule has 0 amide bonds. The van der Waals surface area contributed by atoms with Crippen molar-refractivity contribution >= 4 is 23.2 Å². The summed E-state index contributed by atoms with van der Waals surface area (Å²) in [5.41, 5.74) is 0.872. The van der Waals surface area contributed by atoms with E-state index < -0.39 is 0 Å². The Morgan fingerprint density at radius 3 is 2.53 bits per heavy atom. The number of benzene rings is 1. The molecule has 0 N–H and O–H groups in total. The second-order valence-corrected chi connectivity index (χ2v) is 5.49. The third-order valence-electron chi connectivity index (χ3n) is 3.41. The molecule has 0 aromatic heterocycles. The highest BCUT2D eigenvalue weighted by molar-refractivity contribution is 6.33. The maximum Gasteiger partial charge on any atom is 0.162 e. The summed E-state index contributed by atoms with van der Waals surface area (Å²) in [6, 6.07) is 3.60. The van der Waals surface area contributed by atoms with Crippen molar-refractivity contribution in [2.75, 3.05) is 27.4 Å². The van der Waals surface area contributed by atoms with Crippen molar-refractivity contribution in [1.82, 2.24) is 0 Å². The SMILES string of the molecule is COc1cc(Cl)c(C(Cl)C2CCCOC2)cc1OC. The van der Waals surface area contributed by atoms with Gasteiger partial charge < -0.3 is 14.2 Å². The quantitative estimate of drug-likeness (QED) is 0.785. The highest BCUT2D eigenvalue weighted by Gasteiger charge is 2.26. The third-order valence-corrected chi connectivity index (χ3v) is 4.33. The lowest BCUT2D eigenvalue weighted by atomic mass is 9.93. The lowest BCUT2D eigenvalue weighted by Crippen LogP contribution is -2.21. The van der Waals surface area contributed by atoms with Gasteiger partial charge in [-0.15, -0.1) is 11.6 Å². The largest absolute Gasteiger partial charge is 0.493 e. The van der Waals surface area contributed by atoms with Gasteiger partial charge in [-0.25, -0.2) is 0 Å². The molecule has 1 aliphatic rings. The molecule has 1 aliphatic heterocycles. The van der Waals surface area contributed by atoms with Crippen LogP contribution in [-0.2, 0) is 4.74 Å². The number of hydrogen-bond acceptors (Lipinski definition) is 3. The number of methoxy groups -OCH3 is 2. The Balaban J connectivity index is 2.27. The van der Waals surface area contributed by atoms with Crippen molar-refractivity contribution in [2.45, 2.75) is 18.2 Å². The monoisotopic (exact) mass is 304 g/mol. The number of ether oxygens (including phenoxy) is 3. The summed E-state index contributed by atoms with van der Waals surface area (Å²) in [5, 5.41) is 0.427. The van der Waals surface area contributed by atoms with Crippen LogP contribution in [0, 0.1) is 5.92 Å². The Kier molecular flexibility index (Phi) is 5.20.